The number of rotatable bonds is 5. The third-order valence-electron chi connectivity index (χ3n) is 4.79. The third-order valence-corrected chi connectivity index (χ3v) is 5.89. The monoisotopic (exact) mass is 360 g/mol. The van der Waals surface area contributed by atoms with Gasteiger partial charge in [-0.15, -0.1) is 23.2 Å². The molecule has 1 saturated carbocycles. The molecule has 0 spiro atoms. The van der Waals surface area contributed by atoms with Crippen LogP contribution in [0.1, 0.15) is 30.9 Å². The van der Waals surface area contributed by atoms with E-state index in [1.165, 1.54) is 0 Å². The third kappa shape index (κ3) is 3.38. The van der Waals surface area contributed by atoms with Crippen LogP contribution >= 0.6 is 23.2 Å². The highest BCUT2D eigenvalue weighted by Gasteiger charge is 2.67. The molecule has 1 saturated heterocycles. The number of nitrogens with zero attached hydrogens (tertiary/aromatic N) is 1. The Morgan fingerprint density at radius 1 is 1.39 bits per heavy atom. The molecular weight excluding hydrogens is 339 g/mol. The van der Waals surface area contributed by atoms with Crippen LogP contribution in [-0.4, -0.2) is 48.0 Å². The van der Waals surface area contributed by atoms with Crippen LogP contribution in [-0.2, 0) is 9.53 Å². The highest BCUT2D eigenvalue weighted by molar-refractivity contribution is 6.53. The van der Waals surface area contributed by atoms with E-state index in [-0.39, 0.29) is 11.9 Å². The van der Waals surface area contributed by atoms with Crippen molar-refractivity contribution in [2.24, 2.45) is 5.41 Å². The van der Waals surface area contributed by atoms with E-state index in [0.29, 0.717) is 26.2 Å². The zero-order valence-electron chi connectivity index (χ0n) is 13.4. The van der Waals surface area contributed by atoms with Crippen molar-refractivity contribution in [3.63, 3.8) is 0 Å². The largest absolute Gasteiger partial charge is 0.465 e. The fraction of sp³-hybridized carbons (Fsp3) is 0.688. The number of ether oxygens (including phenoxy) is 1. The van der Waals surface area contributed by atoms with Gasteiger partial charge in [0, 0.05) is 19.6 Å². The molecule has 2 fully saturated rings. The molecule has 0 aromatic carbocycles. The van der Waals surface area contributed by atoms with Gasteiger partial charge in [0.2, 0.25) is 5.91 Å². The van der Waals surface area contributed by atoms with Crippen molar-refractivity contribution in [2.45, 2.75) is 30.6 Å². The van der Waals surface area contributed by atoms with Gasteiger partial charge in [-0.05, 0) is 32.4 Å². The standard InChI is InChI=1S/C16H22Cl2N2O3/c1-11-3-4-13(23-11)12(20-5-7-22-8-6-20)9-19-14(21)15(2)10-16(15,17)18/h3-4,12H,5-10H2,1-2H3,(H,19,21)/t12-,15-/m0/s1. The van der Waals surface area contributed by atoms with Crippen molar-refractivity contribution in [2.75, 3.05) is 32.8 Å². The summed E-state index contributed by atoms with van der Waals surface area (Å²) in [7, 11) is 0. The van der Waals surface area contributed by atoms with Crippen LogP contribution in [0.4, 0.5) is 0 Å². The van der Waals surface area contributed by atoms with E-state index in [1.807, 2.05) is 19.1 Å². The molecular formula is C16H22Cl2N2O3. The second-order valence-corrected chi connectivity index (χ2v) is 8.02. The molecule has 2 atom stereocenters. The summed E-state index contributed by atoms with van der Waals surface area (Å²) in [4.78, 5) is 14.7. The molecule has 2 aliphatic rings. The molecule has 5 nitrogen and oxygen atoms in total. The zero-order chi connectivity index (χ0) is 16.7. The number of hydrogen-bond donors (Lipinski definition) is 1. The first-order valence-electron chi connectivity index (χ1n) is 7.88. The first kappa shape index (κ1) is 17.1. The van der Waals surface area contributed by atoms with Crippen LogP contribution in [0, 0.1) is 12.3 Å². The van der Waals surface area contributed by atoms with Gasteiger partial charge in [0.1, 0.15) is 15.9 Å². The maximum Gasteiger partial charge on any atom is 0.229 e. The Morgan fingerprint density at radius 2 is 2.04 bits per heavy atom. The van der Waals surface area contributed by atoms with Crippen molar-refractivity contribution in [3.8, 4) is 0 Å². The molecule has 7 heteroatoms. The molecule has 3 rings (SSSR count). The molecule has 1 aromatic rings. The molecule has 1 aromatic heterocycles. The average molecular weight is 361 g/mol. The lowest BCUT2D eigenvalue weighted by Gasteiger charge is -2.33. The summed E-state index contributed by atoms with van der Waals surface area (Å²) in [6.07, 6.45) is 0.483. The first-order valence-corrected chi connectivity index (χ1v) is 8.63. The van der Waals surface area contributed by atoms with Crippen LogP contribution < -0.4 is 5.32 Å². The summed E-state index contributed by atoms with van der Waals surface area (Å²) in [5.41, 5.74) is -0.704. The van der Waals surface area contributed by atoms with Crippen LogP contribution in [0.25, 0.3) is 0 Å². The van der Waals surface area contributed by atoms with Crippen LogP contribution in [0.3, 0.4) is 0 Å². The maximum absolute atomic E-state index is 12.4. The Hall–Kier alpha value is -0.750. The number of halogens is 2. The fourth-order valence-electron chi connectivity index (χ4n) is 2.96. The van der Waals surface area contributed by atoms with Crippen molar-refractivity contribution in [1.29, 1.82) is 0 Å². The van der Waals surface area contributed by atoms with Crippen LogP contribution in [0.2, 0.25) is 0 Å². The number of alkyl halides is 2. The van der Waals surface area contributed by atoms with E-state index in [0.717, 1.165) is 24.6 Å². The Kier molecular flexibility index (Phi) is 4.67. The summed E-state index contributed by atoms with van der Waals surface area (Å²) in [5, 5.41) is 3.00. The number of carbonyl (C=O) groups is 1. The topological polar surface area (TPSA) is 54.7 Å². The van der Waals surface area contributed by atoms with Gasteiger partial charge < -0.3 is 14.5 Å². The van der Waals surface area contributed by atoms with Crippen LogP contribution in [0.5, 0.6) is 0 Å². The fourth-order valence-corrected chi connectivity index (χ4v) is 3.67. The van der Waals surface area contributed by atoms with E-state index < -0.39 is 9.75 Å². The molecule has 0 bridgehead atoms. The molecule has 128 valence electrons. The van der Waals surface area contributed by atoms with Gasteiger partial charge in [0.15, 0.2) is 0 Å². The maximum atomic E-state index is 12.4. The summed E-state index contributed by atoms with van der Waals surface area (Å²) < 4.78 is 10.2. The SMILES string of the molecule is Cc1ccc([C@H](CNC(=O)[C@]2(C)CC2(Cl)Cl)N2CCOCC2)o1. The van der Waals surface area contributed by atoms with E-state index in [9.17, 15) is 4.79 Å². The number of carbonyl (C=O) groups excluding carboxylic acids is 1. The van der Waals surface area contributed by atoms with Gasteiger partial charge in [0.05, 0.1) is 24.7 Å². The number of amides is 1. The van der Waals surface area contributed by atoms with Crippen molar-refractivity contribution < 1.29 is 13.9 Å². The number of nitrogens with one attached hydrogen (secondary N) is 1. The minimum absolute atomic E-state index is 0.0149. The predicted octanol–water partition coefficient (Wildman–Crippen LogP) is 2.66. The predicted molar refractivity (Wildman–Crippen MR) is 88.7 cm³/mol. The Balaban J connectivity index is 1.68. The van der Waals surface area contributed by atoms with Crippen molar-refractivity contribution in [3.05, 3.63) is 23.7 Å². The molecule has 1 amide bonds. The van der Waals surface area contributed by atoms with E-state index >= 15 is 0 Å². The Labute approximate surface area is 146 Å². The molecule has 23 heavy (non-hydrogen) atoms. The summed E-state index contributed by atoms with van der Waals surface area (Å²) in [6.45, 7) is 7.18. The van der Waals surface area contributed by atoms with Gasteiger partial charge >= 0.3 is 0 Å². The normalized spacial score (nSPS) is 28.3. The molecule has 1 aliphatic heterocycles. The second-order valence-electron chi connectivity index (χ2n) is 6.54. The summed E-state index contributed by atoms with van der Waals surface area (Å²) in [5.74, 6) is 1.61. The molecule has 0 radical (unpaired) electrons. The highest BCUT2D eigenvalue weighted by atomic mass is 35.5. The molecule has 0 unspecified atom stereocenters. The number of morpholine rings is 1. The minimum atomic E-state index is -0.952. The van der Waals surface area contributed by atoms with Gasteiger partial charge in [-0.25, -0.2) is 0 Å². The highest BCUT2D eigenvalue weighted by Crippen LogP contribution is 2.63. The quantitative estimate of drug-likeness (QED) is 0.820. The van der Waals surface area contributed by atoms with E-state index in [1.54, 1.807) is 6.92 Å². The van der Waals surface area contributed by atoms with Crippen molar-refractivity contribution >= 4 is 29.1 Å². The smallest absolute Gasteiger partial charge is 0.229 e. The average Bonchev–Trinajstić information content (AvgIpc) is 2.83. The lowest BCUT2D eigenvalue weighted by atomic mass is 10.1. The Morgan fingerprint density at radius 3 is 2.57 bits per heavy atom. The van der Waals surface area contributed by atoms with E-state index in [4.69, 9.17) is 32.4 Å². The summed E-state index contributed by atoms with van der Waals surface area (Å²) >= 11 is 12.2. The zero-order valence-corrected chi connectivity index (χ0v) is 14.9. The van der Waals surface area contributed by atoms with Crippen LogP contribution in [0.15, 0.2) is 16.5 Å². The van der Waals surface area contributed by atoms with Gasteiger partial charge in [0.25, 0.3) is 0 Å². The van der Waals surface area contributed by atoms with Gasteiger partial charge in [-0.3, -0.25) is 9.69 Å². The van der Waals surface area contributed by atoms with E-state index in [2.05, 4.69) is 10.2 Å². The lowest BCUT2D eigenvalue weighted by molar-refractivity contribution is -0.126. The number of hydrogen-bond acceptors (Lipinski definition) is 4. The molecule has 1 aliphatic carbocycles. The second kappa shape index (κ2) is 6.28. The first-order chi connectivity index (χ1) is 10.8. The number of furan rings is 1. The van der Waals surface area contributed by atoms with Gasteiger partial charge in [-0.2, -0.15) is 0 Å². The summed E-state index contributed by atoms with van der Waals surface area (Å²) in [6, 6.07) is 3.89. The lowest BCUT2D eigenvalue weighted by Crippen LogP contribution is -2.45. The molecule has 2 heterocycles. The Bertz CT molecular complexity index is 584. The van der Waals surface area contributed by atoms with Crippen molar-refractivity contribution in [1.82, 2.24) is 10.2 Å². The minimum Gasteiger partial charge on any atom is -0.465 e. The van der Waals surface area contributed by atoms with Gasteiger partial charge in [-0.1, -0.05) is 0 Å². The molecule has 1 N–H and O–H groups in total. The number of aryl methyl sites for hydroxylation is 1.